The molecule has 0 aliphatic rings. The van der Waals surface area contributed by atoms with Gasteiger partial charge in [-0.05, 0) is 24.3 Å². The lowest BCUT2D eigenvalue weighted by molar-refractivity contribution is 0.590. The van der Waals surface area contributed by atoms with Gasteiger partial charge in [0.05, 0.1) is 30.1 Å². The maximum atomic E-state index is 13.7. The molecule has 0 aliphatic heterocycles. The summed E-state index contributed by atoms with van der Waals surface area (Å²) < 4.78 is 38.7. The van der Waals surface area contributed by atoms with Crippen molar-refractivity contribution in [1.29, 1.82) is 5.26 Å². The van der Waals surface area contributed by atoms with Crippen molar-refractivity contribution in [3.8, 4) is 6.07 Å². The van der Waals surface area contributed by atoms with Gasteiger partial charge in [-0.3, -0.25) is 4.31 Å². The van der Waals surface area contributed by atoms with Gasteiger partial charge in [0.15, 0.2) is 0 Å². The monoisotopic (exact) mass is 304 g/mol. The Morgan fingerprint density at radius 1 is 1.19 bits per heavy atom. The Hall–Kier alpha value is -2.39. The van der Waals surface area contributed by atoms with Gasteiger partial charge >= 0.3 is 0 Å². The topological polar surface area (TPSA) is 61.2 Å². The summed E-state index contributed by atoms with van der Waals surface area (Å²) in [6, 6.07) is 14.1. The molecule has 0 saturated carbocycles. The van der Waals surface area contributed by atoms with Crippen molar-refractivity contribution in [2.75, 3.05) is 10.6 Å². The molecule has 21 heavy (non-hydrogen) atoms. The highest BCUT2D eigenvalue weighted by molar-refractivity contribution is 7.92. The molecular formula is C15H13FN2O2S. The van der Waals surface area contributed by atoms with Crippen molar-refractivity contribution >= 4 is 15.7 Å². The van der Waals surface area contributed by atoms with E-state index in [1.165, 1.54) is 18.2 Å². The number of rotatable bonds is 4. The molecule has 0 aliphatic carbocycles. The predicted octanol–water partition coefficient (Wildman–Crippen LogP) is 2.66. The Bertz CT molecular complexity index is 797. The van der Waals surface area contributed by atoms with Gasteiger partial charge in [0.25, 0.3) is 0 Å². The zero-order chi connectivity index (χ0) is 15.5. The fraction of sp³-hybridized carbons (Fsp3) is 0.133. The average molecular weight is 304 g/mol. The molecule has 0 aromatic heterocycles. The summed E-state index contributed by atoms with van der Waals surface area (Å²) in [5.74, 6) is -0.470. The molecule has 0 spiro atoms. The first-order valence-electron chi connectivity index (χ1n) is 6.13. The Morgan fingerprint density at radius 2 is 1.90 bits per heavy atom. The van der Waals surface area contributed by atoms with Gasteiger partial charge in [-0.25, -0.2) is 12.8 Å². The zero-order valence-corrected chi connectivity index (χ0v) is 12.1. The van der Waals surface area contributed by atoms with Crippen LogP contribution in [0, 0.1) is 17.1 Å². The second-order valence-corrected chi connectivity index (χ2v) is 6.43. The number of halogens is 1. The second kappa shape index (κ2) is 5.94. The molecule has 2 rings (SSSR count). The van der Waals surface area contributed by atoms with Gasteiger partial charge < -0.3 is 0 Å². The molecule has 0 atom stereocenters. The van der Waals surface area contributed by atoms with Crippen molar-refractivity contribution < 1.29 is 12.8 Å². The van der Waals surface area contributed by atoms with Crippen LogP contribution < -0.4 is 4.31 Å². The number of nitrogens with zero attached hydrogens (tertiary/aromatic N) is 2. The minimum Gasteiger partial charge on any atom is -0.266 e. The van der Waals surface area contributed by atoms with Crippen LogP contribution in [-0.2, 0) is 16.6 Å². The van der Waals surface area contributed by atoms with Crippen LogP contribution in [0.1, 0.15) is 11.1 Å². The first-order chi connectivity index (χ1) is 9.91. The van der Waals surface area contributed by atoms with Crippen LogP contribution >= 0.6 is 0 Å². The number of benzene rings is 2. The molecule has 4 nitrogen and oxygen atoms in total. The summed E-state index contributed by atoms with van der Waals surface area (Å²) in [5.41, 5.74) is 0.944. The van der Waals surface area contributed by atoms with Gasteiger partial charge in [0, 0.05) is 5.56 Å². The van der Waals surface area contributed by atoms with E-state index in [0.29, 0.717) is 11.3 Å². The second-order valence-electron chi connectivity index (χ2n) is 4.52. The van der Waals surface area contributed by atoms with Crippen molar-refractivity contribution in [3.63, 3.8) is 0 Å². The maximum Gasteiger partial charge on any atom is 0.232 e. The first kappa shape index (κ1) is 15.0. The van der Waals surface area contributed by atoms with Gasteiger partial charge in [0.1, 0.15) is 5.82 Å². The third-order valence-electron chi connectivity index (χ3n) is 2.94. The van der Waals surface area contributed by atoms with E-state index in [1.807, 2.05) is 6.07 Å². The summed E-state index contributed by atoms with van der Waals surface area (Å²) >= 11 is 0. The van der Waals surface area contributed by atoms with Crippen LogP contribution in [0.2, 0.25) is 0 Å². The average Bonchev–Trinajstić information content (AvgIpc) is 2.45. The van der Waals surface area contributed by atoms with E-state index in [0.717, 1.165) is 10.6 Å². The first-order valence-corrected chi connectivity index (χ1v) is 7.98. The lowest BCUT2D eigenvalue weighted by Gasteiger charge is -2.22. The Kier molecular flexibility index (Phi) is 4.24. The van der Waals surface area contributed by atoms with Gasteiger partial charge in [-0.2, -0.15) is 5.26 Å². The van der Waals surface area contributed by atoms with Crippen LogP contribution in [0.3, 0.4) is 0 Å². The standard InChI is InChI=1S/C15H13FN2O2S/c1-21(19,20)18(11-13-6-2-3-8-15(13)16)14-7-4-5-12(9-14)10-17/h2-9H,11H2,1H3. The van der Waals surface area contributed by atoms with Crippen LogP contribution in [0.5, 0.6) is 0 Å². The lowest BCUT2D eigenvalue weighted by Crippen LogP contribution is -2.29. The molecule has 0 heterocycles. The van der Waals surface area contributed by atoms with Crippen LogP contribution in [0.25, 0.3) is 0 Å². The van der Waals surface area contributed by atoms with Crippen molar-refractivity contribution in [2.24, 2.45) is 0 Å². The molecule has 0 amide bonds. The van der Waals surface area contributed by atoms with E-state index in [-0.39, 0.29) is 12.1 Å². The van der Waals surface area contributed by atoms with Crippen molar-refractivity contribution in [1.82, 2.24) is 0 Å². The fourth-order valence-electron chi connectivity index (χ4n) is 1.91. The van der Waals surface area contributed by atoms with Gasteiger partial charge in [-0.15, -0.1) is 0 Å². The summed E-state index contributed by atoms with van der Waals surface area (Å²) in [6.07, 6.45) is 1.05. The smallest absolute Gasteiger partial charge is 0.232 e. The fourth-order valence-corrected chi connectivity index (χ4v) is 2.78. The van der Waals surface area contributed by atoms with Gasteiger partial charge in [0.2, 0.25) is 10.0 Å². The molecule has 0 N–H and O–H groups in total. The summed E-state index contributed by atoms with van der Waals surface area (Å²) in [7, 11) is -3.60. The quantitative estimate of drug-likeness (QED) is 0.872. The third kappa shape index (κ3) is 3.58. The largest absolute Gasteiger partial charge is 0.266 e. The molecule has 0 unspecified atom stereocenters. The number of sulfonamides is 1. The Morgan fingerprint density at radius 3 is 2.52 bits per heavy atom. The SMILES string of the molecule is CS(=O)(=O)N(Cc1ccccc1F)c1cccc(C#N)c1. The summed E-state index contributed by atoms with van der Waals surface area (Å²) in [5, 5.41) is 8.90. The molecule has 108 valence electrons. The van der Waals surface area contributed by atoms with Gasteiger partial charge in [-0.1, -0.05) is 24.3 Å². The lowest BCUT2D eigenvalue weighted by atomic mass is 10.2. The molecule has 2 aromatic rings. The van der Waals surface area contributed by atoms with E-state index >= 15 is 0 Å². The molecule has 0 radical (unpaired) electrons. The number of nitriles is 1. The van der Waals surface area contributed by atoms with E-state index in [4.69, 9.17) is 5.26 Å². The number of anilines is 1. The highest BCUT2D eigenvalue weighted by atomic mass is 32.2. The van der Waals surface area contributed by atoms with Crippen molar-refractivity contribution in [2.45, 2.75) is 6.54 Å². The number of hydrogen-bond donors (Lipinski definition) is 0. The zero-order valence-electron chi connectivity index (χ0n) is 11.3. The predicted molar refractivity (Wildman–Crippen MR) is 78.6 cm³/mol. The highest BCUT2D eigenvalue weighted by Gasteiger charge is 2.19. The molecular weight excluding hydrogens is 291 g/mol. The van der Waals surface area contributed by atoms with E-state index in [1.54, 1.807) is 30.3 Å². The maximum absolute atomic E-state index is 13.7. The minimum atomic E-state index is -3.60. The summed E-state index contributed by atoms with van der Waals surface area (Å²) in [6.45, 7) is -0.125. The summed E-state index contributed by atoms with van der Waals surface area (Å²) in [4.78, 5) is 0. The van der Waals surface area contributed by atoms with Crippen LogP contribution in [0.15, 0.2) is 48.5 Å². The van der Waals surface area contributed by atoms with E-state index in [9.17, 15) is 12.8 Å². The molecule has 0 saturated heterocycles. The molecule has 0 bridgehead atoms. The van der Waals surface area contributed by atoms with Crippen LogP contribution in [-0.4, -0.2) is 14.7 Å². The normalized spacial score (nSPS) is 10.9. The number of hydrogen-bond acceptors (Lipinski definition) is 3. The van der Waals surface area contributed by atoms with E-state index < -0.39 is 15.8 Å². The Balaban J connectivity index is 2.45. The molecule has 2 aromatic carbocycles. The highest BCUT2D eigenvalue weighted by Crippen LogP contribution is 2.22. The van der Waals surface area contributed by atoms with Crippen molar-refractivity contribution in [3.05, 3.63) is 65.5 Å². The van der Waals surface area contributed by atoms with Crippen LogP contribution in [0.4, 0.5) is 10.1 Å². The third-order valence-corrected chi connectivity index (χ3v) is 4.08. The molecule has 0 fully saturated rings. The minimum absolute atomic E-state index is 0.125. The van der Waals surface area contributed by atoms with E-state index in [2.05, 4.69) is 0 Å². The Labute approximate surface area is 123 Å². The molecule has 6 heteroatoms.